The molecule has 1 rings (SSSR count). The minimum absolute atomic E-state index is 0.0965. The molecule has 0 aromatic heterocycles. The van der Waals surface area contributed by atoms with E-state index in [1.54, 1.807) is 0 Å². The Bertz CT molecular complexity index is 316. The normalized spacial score (nSPS) is 13.3. The second-order valence-corrected chi connectivity index (χ2v) is 3.61. The lowest BCUT2D eigenvalue weighted by Crippen LogP contribution is -2.17. The second kappa shape index (κ2) is 3.92. The van der Waals surface area contributed by atoms with Gasteiger partial charge in [-0.1, -0.05) is 13.8 Å². The Morgan fingerprint density at radius 2 is 1.86 bits per heavy atom. The minimum Gasteiger partial charge on any atom is -0.505 e. The van der Waals surface area contributed by atoms with Crippen molar-refractivity contribution in [3.63, 3.8) is 0 Å². The third-order valence-corrected chi connectivity index (χ3v) is 2.13. The van der Waals surface area contributed by atoms with Crippen LogP contribution in [0.5, 0.6) is 5.75 Å². The van der Waals surface area contributed by atoms with E-state index in [2.05, 4.69) is 0 Å². The largest absolute Gasteiger partial charge is 0.505 e. The van der Waals surface area contributed by atoms with Crippen molar-refractivity contribution in [2.45, 2.75) is 19.9 Å². The molecule has 2 nitrogen and oxygen atoms in total. The lowest BCUT2D eigenvalue weighted by molar-refractivity contribution is 0.402. The van der Waals surface area contributed by atoms with Gasteiger partial charge < -0.3 is 10.8 Å². The van der Waals surface area contributed by atoms with E-state index in [9.17, 15) is 8.78 Å². The summed E-state index contributed by atoms with van der Waals surface area (Å²) in [5, 5.41) is 9.04. The monoisotopic (exact) mass is 201 g/mol. The van der Waals surface area contributed by atoms with E-state index < -0.39 is 23.4 Å². The fourth-order valence-corrected chi connectivity index (χ4v) is 1.17. The number of rotatable bonds is 2. The van der Waals surface area contributed by atoms with Crippen molar-refractivity contribution in [1.29, 1.82) is 0 Å². The average molecular weight is 201 g/mol. The first kappa shape index (κ1) is 10.9. The fraction of sp³-hybridized carbons (Fsp3) is 0.400. The van der Waals surface area contributed by atoms with Crippen molar-refractivity contribution in [1.82, 2.24) is 0 Å². The molecule has 1 unspecified atom stereocenters. The molecule has 1 aromatic carbocycles. The number of hydrogen-bond acceptors (Lipinski definition) is 2. The Kier molecular flexibility index (Phi) is 3.06. The van der Waals surface area contributed by atoms with Gasteiger partial charge in [0.2, 0.25) is 0 Å². The molecule has 0 saturated heterocycles. The molecule has 0 bridgehead atoms. The van der Waals surface area contributed by atoms with Crippen LogP contribution in [0.2, 0.25) is 0 Å². The lowest BCUT2D eigenvalue weighted by Gasteiger charge is -2.16. The SMILES string of the molecule is CC(C)C(N)c1cc(O)c(F)c(F)c1. The molecule has 0 saturated carbocycles. The van der Waals surface area contributed by atoms with Gasteiger partial charge in [0.1, 0.15) is 0 Å². The molecule has 0 aliphatic carbocycles. The maximum Gasteiger partial charge on any atom is 0.200 e. The van der Waals surface area contributed by atoms with Gasteiger partial charge in [0.25, 0.3) is 0 Å². The third-order valence-electron chi connectivity index (χ3n) is 2.13. The quantitative estimate of drug-likeness (QED) is 0.771. The Hall–Kier alpha value is -1.16. The van der Waals surface area contributed by atoms with E-state index in [4.69, 9.17) is 10.8 Å². The van der Waals surface area contributed by atoms with Gasteiger partial charge in [-0.25, -0.2) is 4.39 Å². The first-order valence-electron chi connectivity index (χ1n) is 4.37. The zero-order chi connectivity index (χ0) is 10.9. The molecule has 0 heterocycles. The zero-order valence-electron chi connectivity index (χ0n) is 8.09. The molecule has 1 atom stereocenters. The number of hydrogen-bond donors (Lipinski definition) is 2. The minimum atomic E-state index is -1.23. The standard InChI is InChI=1S/C10H13F2NO/c1-5(2)10(13)6-3-7(11)9(12)8(14)4-6/h3-5,10,14H,13H2,1-2H3. The Morgan fingerprint density at radius 3 is 2.29 bits per heavy atom. The first-order valence-corrected chi connectivity index (χ1v) is 4.37. The number of phenolic OH excluding ortho intramolecular Hbond substituents is 1. The maximum atomic E-state index is 12.9. The smallest absolute Gasteiger partial charge is 0.200 e. The predicted octanol–water partition coefficient (Wildman–Crippen LogP) is 2.33. The number of benzene rings is 1. The van der Waals surface area contributed by atoms with E-state index in [-0.39, 0.29) is 5.92 Å². The number of phenols is 1. The highest BCUT2D eigenvalue weighted by Gasteiger charge is 2.16. The zero-order valence-corrected chi connectivity index (χ0v) is 8.09. The van der Waals surface area contributed by atoms with Crippen molar-refractivity contribution in [2.24, 2.45) is 11.7 Å². The molecule has 78 valence electrons. The summed E-state index contributed by atoms with van der Waals surface area (Å²) < 4.78 is 25.6. The molecular formula is C10H13F2NO. The van der Waals surface area contributed by atoms with Crippen LogP contribution in [0.4, 0.5) is 8.78 Å². The first-order chi connectivity index (χ1) is 6.43. The fourth-order valence-electron chi connectivity index (χ4n) is 1.17. The van der Waals surface area contributed by atoms with Crippen molar-refractivity contribution in [3.8, 4) is 5.75 Å². The Morgan fingerprint density at radius 1 is 1.29 bits per heavy atom. The van der Waals surface area contributed by atoms with Crippen molar-refractivity contribution in [3.05, 3.63) is 29.3 Å². The van der Waals surface area contributed by atoms with Crippen molar-refractivity contribution in [2.75, 3.05) is 0 Å². The molecule has 0 aliphatic rings. The van der Waals surface area contributed by atoms with E-state index >= 15 is 0 Å². The molecular weight excluding hydrogens is 188 g/mol. The van der Waals surface area contributed by atoms with Crippen LogP contribution in [0.3, 0.4) is 0 Å². The maximum absolute atomic E-state index is 12.9. The summed E-state index contributed by atoms with van der Waals surface area (Å²) in [4.78, 5) is 0. The van der Waals surface area contributed by atoms with Crippen molar-refractivity contribution < 1.29 is 13.9 Å². The number of aromatic hydroxyl groups is 1. The number of nitrogens with two attached hydrogens (primary N) is 1. The van der Waals surface area contributed by atoms with E-state index in [0.29, 0.717) is 5.56 Å². The van der Waals surface area contributed by atoms with Crippen molar-refractivity contribution >= 4 is 0 Å². The highest BCUT2D eigenvalue weighted by atomic mass is 19.2. The Labute approximate surface area is 81.4 Å². The lowest BCUT2D eigenvalue weighted by atomic mass is 9.97. The summed E-state index contributed by atoms with van der Waals surface area (Å²) in [5.41, 5.74) is 6.12. The third kappa shape index (κ3) is 2.01. The van der Waals surface area contributed by atoms with Gasteiger partial charge in [-0.15, -0.1) is 0 Å². The molecule has 0 aliphatic heterocycles. The van der Waals surface area contributed by atoms with Crippen LogP contribution in [-0.4, -0.2) is 5.11 Å². The van der Waals surface area contributed by atoms with Crippen LogP contribution in [0, 0.1) is 17.6 Å². The highest BCUT2D eigenvalue weighted by molar-refractivity contribution is 5.32. The molecule has 4 heteroatoms. The topological polar surface area (TPSA) is 46.2 Å². The summed E-state index contributed by atoms with van der Waals surface area (Å²) >= 11 is 0. The van der Waals surface area contributed by atoms with E-state index in [1.165, 1.54) is 0 Å². The van der Waals surface area contributed by atoms with Gasteiger partial charge >= 0.3 is 0 Å². The molecule has 0 fully saturated rings. The van der Waals surface area contributed by atoms with Crippen LogP contribution < -0.4 is 5.73 Å². The van der Waals surface area contributed by atoms with Gasteiger partial charge in [0.15, 0.2) is 17.4 Å². The van der Waals surface area contributed by atoms with Gasteiger partial charge in [-0.05, 0) is 23.6 Å². The molecule has 0 radical (unpaired) electrons. The molecule has 1 aromatic rings. The van der Waals surface area contributed by atoms with Gasteiger partial charge in [0.05, 0.1) is 0 Å². The van der Waals surface area contributed by atoms with Crippen LogP contribution in [0.1, 0.15) is 25.5 Å². The molecule has 14 heavy (non-hydrogen) atoms. The van der Waals surface area contributed by atoms with Gasteiger partial charge in [-0.3, -0.25) is 0 Å². The predicted molar refractivity (Wildman–Crippen MR) is 49.8 cm³/mol. The van der Waals surface area contributed by atoms with Crippen LogP contribution in [0.25, 0.3) is 0 Å². The van der Waals surface area contributed by atoms with Crippen LogP contribution in [0.15, 0.2) is 12.1 Å². The number of halogens is 2. The van der Waals surface area contributed by atoms with E-state index in [1.807, 2.05) is 13.8 Å². The summed E-state index contributed by atoms with van der Waals surface area (Å²) in [6.45, 7) is 3.73. The highest BCUT2D eigenvalue weighted by Crippen LogP contribution is 2.26. The second-order valence-electron chi connectivity index (χ2n) is 3.61. The molecule has 3 N–H and O–H groups in total. The molecule has 0 spiro atoms. The average Bonchev–Trinajstić information content (AvgIpc) is 2.12. The summed E-state index contributed by atoms with van der Waals surface area (Å²) in [6, 6.07) is 1.76. The summed E-state index contributed by atoms with van der Waals surface area (Å²) in [5.74, 6) is -2.91. The van der Waals surface area contributed by atoms with Gasteiger partial charge in [0, 0.05) is 6.04 Å². The van der Waals surface area contributed by atoms with Crippen LogP contribution in [-0.2, 0) is 0 Å². The summed E-state index contributed by atoms with van der Waals surface area (Å²) in [6.07, 6.45) is 0. The van der Waals surface area contributed by atoms with Crippen LogP contribution >= 0.6 is 0 Å². The summed E-state index contributed by atoms with van der Waals surface area (Å²) in [7, 11) is 0. The van der Waals surface area contributed by atoms with E-state index in [0.717, 1.165) is 12.1 Å². The molecule has 0 amide bonds. The Balaban J connectivity index is 3.12. The van der Waals surface area contributed by atoms with Gasteiger partial charge in [-0.2, -0.15) is 4.39 Å².